The summed E-state index contributed by atoms with van der Waals surface area (Å²) in [5, 5.41) is -0.221. The summed E-state index contributed by atoms with van der Waals surface area (Å²) in [6.45, 7) is 0. The Balaban J connectivity index is 1.95. The molecule has 1 aliphatic rings. The van der Waals surface area contributed by atoms with Crippen molar-refractivity contribution in [2.24, 2.45) is 5.73 Å². The van der Waals surface area contributed by atoms with E-state index in [0.29, 0.717) is 0 Å². The molecule has 3 rings (SSSR count). The average molecular weight is 427 g/mol. The Morgan fingerprint density at radius 1 is 1.17 bits per heavy atom. The van der Waals surface area contributed by atoms with Gasteiger partial charge in [0, 0.05) is 0 Å². The Labute approximate surface area is 175 Å². The zero-order valence-corrected chi connectivity index (χ0v) is 16.2. The van der Waals surface area contributed by atoms with Crippen LogP contribution in [0.15, 0.2) is 60.2 Å². The fourth-order valence-corrected chi connectivity index (χ4v) is 3.62. The molecule has 6 nitrogen and oxygen atoms in total. The number of hydrogen-bond donors (Lipinski definition) is 1. The summed E-state index contributed by atoms with van der Waals surface area (Å²) in [4.78, 5) is 12.8. The van der Waals surface area contributed by atoms with E-state index in [-0.39, 0.29) is 16.1 Å². The van der Waals surface area contributed by atoms with Gasteiger partial charge < -0.3 is 14.7 Å². The molecule has 1 aliphatic heterocycles. The second-order valence-electron chi connectivity index (χ2n) is 6.19. The summed E-state index contributed by atoms with van der Waals surface area (Å²) in [5.41, 5.74) is 3.09. The highest BCUT2D eigenvalue weighted by molar-refractivity contribution is 7.90. The normalized spacial score (nSPS) is 19.9. The molecule has 0 saturated carbocycles. The van der Waals surface area contributed by atoms with Crippen molar-refractivity contribution in [3.05, 3.63) is 82.1 Å². The van der Waals surface area contributed by atoms with Crippen LogP contribution in [-0.2, 0) is 33.9 Å². The lowest BCUT2D eigenvalue weighted by Crippen LogP contribution is -2.40. The van der Waals surface area contributed by atoms with E-state index >= 15 is 0 Å². The maximum atomic E-state index is 13.8. The van der Waals surface area contributed by atoms with Gasteiger partial charge in [0.2, 0.25) is 17.4 Å². The first-order valence-electron chi connectivity index (χ1n) is 7.95. The van der Waals surface area contributed by atoms with Gasteiger partial charge in [-0.25, -0.2) is 4.39 Å². The van der Waals surface area contributed by atoms with Gasteiger partial charge in [0.05, 0.1) is 25.3 Å². The Morgan fingerprint density at radius 2 is 1.79 bits per heavy atom. The highest BCUT2D eigenvalue weighted by Gasteiger charge is 2.50. The van der Waals surface area contributed by atoms with Crippen LogP contribution in [0.1, 0.15) is 11.1 Å². The molecule has 0 unspecified atom stereocenters. The van der Waals surface area contributed by atoms with Gasteiger partial charge in [0.25, 0.3) is 0 Å². The highest BCUT2D eigenvalue weighted by atomic mass is 35.5. The molecule has 29 heavy (non-hydrogen) atoms. The molecule has 0 bridgehead atoms. The van der Waals surface area contributed by atoms with Gasteiger partial charge in [0.1, 0.15) is 13.7 Å². The van der Waals surface area contributed by atoms with Crippen LogP contribution in [0.5, 0.6) is 0 Å². The van der Waals surface area contributed by atoms with Gasteiger partial charge in [0.15, 0.2) is 5.50 Å². The number of carbonyl (C=O) groups is 1. The monoisotopic (exact) mass is 427 g/mol. The quantitative estimate of drug-likeness (QED) is 0.566. The Morgan fingerprint density at radius 3 is 2.38 bits per heavy atom. The summed E-state index contributed by atoms with van der Waals surface area (Å²) in [6, 6.07) is 10.6. The smallest absolute Gasteiger partial charge is 0.302 e. The van der Waals surface area contributed by atoms with Crippen LogP contribution in [0, 0.1) is 5.82 Å². The largest absolute Gasteiger partial charge is 0.467 e. The first-order valence-corrected chi connectivity index (χ1v) is 9.74. The van der Waals surface area contributed by atoms with Crippen LogP contribution in [0.3, 0.4) is 0 Å². The van der Waals surface area contributed by atoms with Crippen molar-refractivity contribution in [2.75, 3.05) is 0 Å². The SMILES string of the molecule is [B]C([B])(c1ccccc1)S(=O)(=O)OC1=C(N)O[C@@]([B])(c2ccc(Cl)c(F)c2)C1=O. The van der Waals surface area contributed by atoms with Crippen LogP contribution in [-0.4, -0.2) is 37.7 Å². The minimum Gasteiger partial charge on any atom is -0.467 e. The molecule has 0 amide bonds. The lowest BCUT2D eigenvalue weighted by molar-refractivity contribution is -0.126. The third-order valence-electron chi connectivity index (χ3n) is 4.22. The molecule has 12 heteroatoms. The Hall–Kier alpha value is -2.39. The highest BCUT2D eigenvalue weighted by Crippen LogP contribution is 2.38. The number of rotatable bonds is 5. The van der Waals surface area contributed by atoms with Crippen LogP contribution >= 0.6 is 11.6 Å². The number of nitrogens with two attached hydrogens (primary N) is 1. The summed E-state index contributed by atoms with van der Waals surface area (Å²) >= 11 is 5.61. The number of hydrogen-bond acceptors (Lipinski definition) is 6. The molecule has 0 saturated heterocycles. The molecule has 0 aliphatic carbocycles. The van der Waals surface area contributed by atoms with Crippen LogP contribution in [0.25, 0.3) is 0 Å². The molecule has 2 N–H and O–H groups in total. The average Bonchev–Trinajstić information content (AvgIpc) is 2.88. The number of carbonyl (C=O) groups excluding carboxylic acids is 1. The number of ketones is 1. The van der Waals surface area contributed by atoms with E-state index in [1.165, 1.54) is 30.3 Å². The van der Waals surface area contributed by atoms with Crippen molar-refractivity contribution in [1.82, 2.24) is 0 Å². The van der Waals surface area contributed by atoms with Crippen molar-refractivity contribution in [1.29, 1.82) is 0 Å². The second-order valence-corrected chi connectivity index (χ2v) is 8.34. The van der Waals surface area contributed by atoms with E-state index in [4.69, 9.17) is 49.8 Å². The van der Waals surface area contributed by atoms with E-state index in [0.717, 1.165) is 12.1 Å². The summed E-state index contributed by atoms with van der Waals surface area (Å²) in [6.07, 6.45) is 0. The van der Waals surface area contributed by atoms with Gasteiger partial charge >= 0.3 is 10.1 Å². The van der Waals surface area contributed by atoms with Crippen molar-refractivity contribution < 1.29 is 26.5 Å². The van der Waals surface area contributed by atoms with Crippen LogP contribution in [0.4, 0.5) is 4.39 Å². The Kier molecular flexibility index (Phi) is 5.25. The standard InChI is InChI=1S/C17H10B3ClFNO5S/c18-16(10-6-7-11(21)12(22)8-10)14(24)13(15(23)27-16)28-29(25,26)17(19,20)9-4-2-1-3-5-9/h1-8H,23H2/t16-/m0/s1. The second kappa shape index (κ2) is 7.14. The predicted molar refractivity (Wildman–Crippen MR) is 106 cm³/mol. The van der Waals surface area contributed by atoms with E-state index in [1.807, 2.05) is 0 Å². The van der Waals surface area contributed by atoms with Crippen molar-refractivity contribution in [2.45, 2.75) is 10.0 Å². The first-order chi connectivity index (χ1) is 13.4. The zero-order valence-electron chi connectivity index (χ0n) is 14.6. The predicted octanol–water partition coefficient (Wildman–Crippen LogP) is 1.02. The third kappa shape index (κ3) is 3.53. The minimum absolute atomic E-state index is 0.00989. The minimum atomic E-state index is -4.84. The zero-order chi connectivity index (χ0) is 21.6. The summed E-state index contributed by atoms with van der Waals surface area (Å²) in [5.74, 6) is -3.72. The topological polar surface area (TPSA) is 95.7 Å². The molecule has 2 aromatic rings. The molecule has 0 fully saturated rings. The van der Waals surface area contributed by atoms with Crippen LogP contribution in [0.2, 0.25) is 5.02 Å². The fourth-order valence-electron chi connectivity index (χ4n) is 2.56. The maximum Gasteiger partial charge on any atom is 0.302 e. The number of benzene rings is 2. The van der Waals surface area contributed by atoms with Crippen LogP contribution < -0.4 is 5.73 Å². The van der Waals surface area contributed by atoms with E-state index in [1.54, 1.807) is 6.07 Å². The molecule has 1 atom stereocenters. The van der Waals surface area contributed by atoms with E-state index in [9.17, 15) is 17.6 Å². The van der Waals surface area contributed by atoms with E-state index < -0.39 is 43.4 Å². The lowest BCUT2D eigenvalue weighted by atomic mass is 9.65. The molecule has 142 valence electrons. The molecule has 2 aromatic carbocycles. The third-order valence-corrected chi connectivity index (χ3v) is 5.97. The lowest BCUT2D eigenvalue weighted by Gasteiger charge is -2.26. The van der Waals surface area contributed by atoms with Gasteiger partial charge in [-0.2, -0.15) is 8.42 Å². The van der Waals surface area contributed by atoms with Crippen molar-refractivity contribution in [3.8, 4) is 0 Å². The van der Waals surface area contributed by atoms with Gasteiger partial charge in [-0.05, 0) is 23.3 Å². The first kappa shape index (κ1) is 21.3. The molecular weight excluding hydrogens is 417 g/mol. The molecular formula is C17H10B3ClFNO5S. The fraction of sp³-hybridized carbons (Fsp3) is 0.118. The molecule has 1 heterocycles. The Bertz CT molecular complexity index is 1130. The van der Waals surface area contributed by atoms with E-state index in [2.05, 4.69) is 0 Å². The number of halogens is 2. The number of ether oxygens (including phenoxy) is 1. The number of Topliss-reactive ketones (excluding diaryl/α,β-unsaturated/α-hetero) is 1. The summed E-state index contributed by atoms with van der Waals surface area (Å²) < 4.78 is 46.5. The van der Waals surface area contributed by atoms with Gasteiger partial charge in [-0.15, -0.1) is 0 Å². The van der Waals surface area contributed by atoms with Crippen molar-refractivity contribution >= 4 is 51.0 Å². The summed E-state index contributed by atoms with van der Waals surface area (Å²) in [7, 11) is 12.6. The maximum absolute atomic E-state index is 13.8. The van der Waals surface area contributed by atoms with Gasteiger partial charge in [-0.1, -0.05) is 48.0 Å². The van der Waals surface area contributed by atoms with Crippen molar-refractivity contribution in [3.63, 3.8) is 0 Å². The molecule has 0 spiro atoms. The molecule has 0 aromatic heterocycles. The molecule has 6 radical (unpaired) electrons. The van der Waals surface area contributed by atoms with Gasteiger partial charge in [-0.3, -0.25) is 4.79 Å².